The summed E-state index contributed by atoms with van der Waals surface area (Å²) in [6.45, 7) is -0.108. The minimum atomic E-state index is -4.76. The van der Waals surface area contributed by atoms with Crippen molar-refractivity contribution >= 4 is 34.3 Å². The van der Waals surface area contributed by atoms with Crippen molar-refractivity contribution in [2.45, 2.75) is 6.18 Å². The van der Waals surface area contributed by atoms with Crippen molar-refractivity contribution in [2.75, 3.05) is 36.4 Å². The number of nitrogens with one attached hydrogen (secondary N) is 1. The molecule has 0 atom stereocenters. The number of piperazine rings is 1. The van der Waals surface area contributed by atoms with Crippen LogP contribution in [0.25, 0.3) is 11.0 Å². The second kappa shape index (κ2) is 9.26. The van der Waals surface area contributed by atoms with Crippen LogP contribution in [0.1, 0.15) is 11.3 Å². The van der Waals surface area contributed by atoms with Crippen LogP contribution < -0.4 is 19.7 Å². The Bertz CT molecular complexity index is 1470. The highest BCUT2D eigenvalue weighted by Crippen LogP contribution is 2.36. The van der Waals surface area contributed by atoms with Crippen molar-refractivity contribution in [3.8, 4) is 6.07 Å². The number of fused-ring (bicyclic) bond motifs is 1. The van der Waals surface area contributed by atoms with Crippen LogP contribution in [0.3, 0.4) is 0 Å². The van der Waals surface area contributed by atoms with Gasteiger partial charge >= 0.3 is 23.7 Å². The van der Waals surface area contributed by atoms with E-state index < -0.39 is 51.2 Å². The Morgan fingerprint density at radius 3 is 2.32 bits per heavy atom. The molecule has 2 amide bonds. The van der Waals surface area contributed by atoms with Crippen LogP contribution in [0.4, 0.5) is 39.5 Å². The Hall–Kier alpha value is -4.94. The monoisotopic (exact) mass is 521 g/mol. The number of nitro benzene ring substituents is 1. The third-order valence-corrected chi connectivity index (χ3v) is 5.74. The van der Waals surface area contributed by atoms with Crippen LogP contribution in [-0.2, 0) is 6.18 Å². The van der Waals surface area contributed by atoms with Gasteiger partial charge in [0, 0.05) is 32.2 Å². The number of rotatable bonds is 3. The Labute approximate surface area is 204 Å². The molecule has 37 heavy (non-hydrogen) atoms. The molecule has 0 saturated carbocycles. The average Bonchev–Trinajstić information content (AvgIpc) is 2.86. The smallest absolute Gasteiger partial charge is 0.416 e. The molecule has 3 aromatic rings. The lowest BCUT2D eigenvalue weighted by Gasteiger charge is -2.34. The quantitative estimate of drug-likeness (QED) is 0.182. The van der Waals surface area contributed by atoms with Gasteiger partial charge in [0.15, 0.2) is 6.07 Å². The average molecular weight is 521 g/mol. The number of benzene rings is 2. The summed E-state index contributed by atoms with van der Waals surface area (Å²) >= 11 is 0. The van der Waals surface area contributed by atoms with Gasteiger partial charge in [-0.2, -0.15) is 23.7 Å². The maximum Gasteiger partial charge on any atom is 0.416 e. The molecule has 0 spiro atoms. The molecule has 12 nitrogen and oxygen atoms in total. The number of carbonyl (C=O) groups is 1. The van der Waals surface area contributed by atoms with Crippen LogP contribution >= 0.6 is 0 Å². The van der Waals surface area contributed by atoms with Gasteiger partial charge < -0.3 is 20.2 Å². The second-order valence-corrected chi connectivity index (χ2v) is 7.89. The highest BCUT2D eigenvalue weighted by Gasteiger charge is 2.36. The number of hydrogen-bond donors (Lipinski definition) is 1. The van der Waals surface area contributed by atoms with Gasteiger partial charge in [-0.15, -0.1) is 4.73 Å². The first-order chi connectivity index (χ1) is 17.4. The first-order valence-electron chi connectivity index (χ1n) is 10.5. The fourth-order valence-electron chi connectivity index (χ4n) is 3.92. The molecule has 0 radical (unpaired) electrons. The molecule has 1 N–H and O–H groups in total. The molecule has 1 aliphatic heterocycles. The minimum absolute atomic E-state index is 0.000654. The number of carbonyl (C=O) groups excluding carboxylic acids is 1. The van der Waals surface area contributed by atoms with Gasteiger partial charge in [0.2, 0.25) is 5.52 Å². The van der Waals surface area contributed by atoms with Crippen LogP contribution in [0, 0.1) is 37.7 Å². The fourth-order valence-corrected chi connectivity index (χ4v) is 3.92. The van der Waals surface area contributed by atoms with E-state index >= 15 is 0 Å². The number of alkyl halides is 3. The van der Waals surface area contributed by atoms with E-state index in [2.05, 4.69) is 5.32 Å². The van der Waals surface area contributed by atoms with Crippen LogP contribution in [-0.4, -0.2) is 42.0 Å². The summed E-state index contributed by atoms with van der Waals surface area (Å²) in [5, 5.41) is 48.2. The minimum Gasteiger partial charge on any atom is -0.710 e. The molecule has 0 bridgehead atoms. The number of urea groups is 1. The number of nitrogens with zero attached hydrogens (tertiary/aromatic N) is 6. The number of aromatic nitrogens is 2. The highest BCUT2D eigenvalue weighted by atomic mass is 19.4. The third kappa shape index (κ3) is 4.66. The first kappa shape index (κ1) is 25.2. The lowest BCUT2D eigenvalue weighted by molar-refractivity contribution is -0.620. The van der Waals surface area contributed by atoms with E-state index in [-0.39, 0.29) is 46.8 Å². The van der Waals surface area contributed by atoms with Crippen LogP contribution in [0.2, 0.25) is 0 Å². The SMILES string of the molecule is N#Cc1c(NC(=O)N2CCN(c3ccc(C(F)(F)F)cc3[N+](=O)[O-])CC2)[n+]([O-])c2ccc(F)cc2[n+]1[O-]. The van der Waals surface area contributed by atoms with Gasteiger partial charge in [-0.3, -0.25) is 10.1 Å². The Morgan fingerprint density at radius 1 is 1.05 bits per heavy atom. The van der Waals surface area contributed by atoms with E-state index in [1.54, 1.807) is 0 Å². The maximum absolute atomic E-state index is 13.5. The predicted octanol–water partition coefficient (Wildman–Crippen LogP) is 2.40. The lowest BCUT2D eigenvalue weighted by atomic mass is 10.1. The number of hydrogen-bond acceptors (Lipinski definition) is 7. The van der Waals surface area contributed by atoms with Gasteiger partial charge in [-0.05, 0) is 24.3 Å². The second-order valence-electron chi connectivity index (χ2n) is 7.89. The number of nitriles is 1. The summed E-state index contributed by atoms with van der Waals surface area (Å²) in [5.41, 5.74) is -3.47. The number of halogens is 4. The molecule has 0 aliphatic carbocycles. The Morgan fingerprint density at radius 2 is 1.73 bits per heavy atom. The molecule has 1 fully saturated rings. The molecule has 1 saturated heterocycles. The molecule has 2 aromatic carbocycles. The van der Waals surface area contributed by atoms with E-state index in [4.69, 9.17) is 0 Å². The van der Waals surface area contributed by atoms with Gasteiger partial charge in [0.25, 0.3) is 11.2 Å². The van der Waals surface area contributed by atoms with E-state index in [0.29, 0.717) is 6.07 Å². The standard InChI is InChI=1S/C21H15F4N7O5/c22-13-2-4-15-16(10-13)30(34)18(11-26)19(31(15)35)27-20(33)29-7-5-28(6-8-29)14-3-1-12(21(23,24)25)9-17(14)32(36)37/h1-4,9-10H,5-8H2,(H,27,33). The topological polar surface area (TPSA) is 156 Å². The molecular formula is C21H15F4N7O5. The molecular weight excluding hydrogens is 506 g/mol. The summed E-state index contributed by atoms with van der Waals surface area (Å²) in [6.07, 6.45) is -4.76. The zero-order valence-electron chi connectivity index (χ0n) is 18.5. The number of nitro groups is 1. The number of amides is 2. The molecule has 4 rings (SSSR count). The third-order valence-electron chi connectivity index (χ3n) is 5.74. The summed E-state index contributed by atoms with van der Waals surface area (Å²) in [5.74, 6) is -1.49. The first-order valence-corrected chi connectivity index (χ1v) is 10.5. The maximum atomic E-state index is 13.5. The number of anilines is 2. The van der Waals surface area contributed by atoms with E-state index in [1.165, 1.54) is 15.9 Å². The molecule has 16 heteroatoms. The van der Waals surface area contributed by atoms with Crippen molar-refractivity contribution in [2.24, 2.45) is 0 Å². The predicted molar refractivity (Wildman–Crippen MR) is 117 cm³/mol. The van der Waals surface area contributed by atoms with Gasteiger partial charge in [-0.25, -0.2) is 13.9 Å². The largest absolute Gasteiger partial charge is 0.710 e. The van der Waals surface area contributed by atoms with E-state index in [0.717, 1.165) is 30.3 Å². The summed E-state index contributed by atoms with van der Waals surface area (Å²) in [6, 6.07) is 5.49. The zero-order valence-corrected chi connectivity index (χ0v) is 18.5. The summed E-state index contributed by atoms with van der Waals surface area (Å²) in [7, 11) is 0. The Kier molecular flexibility index (Phi) is 6.30. The van der Waals surface area contributed by atoms with E-state index in [1.807, 2.05) is 0 Å². The zero-order chi connectivity index (χ0) is 27.1. The van der Waals surface area contributed by atoms with Crippen molar-refractivity contribution in [3.63, 3.8) is 0 Å². The summed E-state index contributed by atoms with van der Waals surface area (Å²) in [4.78, 5) is 25.9. The summed E-state index contributed by atoms with van der Waals surface area (Å²) < 4.78 is 52.5. The molecule has 1 aromatic heterocycles. The normalized spacial score (nSPS) is 13.9. The Balaban J connectivity index is 1.54. The van der Waals surface area contributed by atoms with Gasteiger partial charge in [-0.1, -0.05) is 0 Å². The van der Waals surface area contributed by atoms with Crippen LogP contribution in [0.5, 0.6) is 0 Å². The lowest BCUT2D eigenvalue weighted by Crippen LogP contribution is -2.52. The molecule has 1 aliphatic rings. The molecule has 192 valence electrons. The van der Waals surface area contributed by atoms with Crippen molar-refractivity contribution in [1.29, 1.82) is 5.26 Å². The van der Waals surface area contributed by atoms with Gasteiger partial charge in [0.05, 0.1) is 16.6 Å². The molecule has 2 heterocycles. The van der Waals surface area contributed by atoms with Crippen molar-refractivity contribution in [3.05, 3.63) is 74.0 Å². The highest BCUT2D eigenvalue weighted by molar-refractivity contribution is 5.89. The van der Waals surface area contributed by atoms with Crippen molar-refractivity contribution < 1.29 is 36.7 Å². The fraction of sp³-hybridized carbons (Fsp3) is 0.238. The van der Waals surface area contributed by atoms with Crippen molar-refractivity contribution in [1.82, 2.24) is 4.90 Å². The van der Waals surface area contributed by atoms with E-state index in [9.17, 15) is 48.1 Å². The van der Waals surface area contributed by atoms with Gasteiger partial charge in [0.1, 0.15) is 11.5 Å². The molecule has 0 unspecified atom stereocenters. The van der Waals surface area contributed by atoms with Crippen LogP contribution in [0.15, 0.2) is 36.4 Å².